The Morgan fingerprint density at radius 2 is 2.00 bits per heavy atom. The lowest BCUT2D eigenvalue weighted by Gasteiger charge is -2.31. The topological polar surface area (TPSA) is 91.0 Å². The number of rotatable bonds is 4. The van der Waals surface area contributed by atoms with Gasteiger partial charge in [0.25, 0.3) is 11.8 Å². The number of nitrogens with zero attached hydrogens (tertiary/aromatic N) is 3. The van der Waals surface area contributed by atoms with Crippen LogP contribution in [0.5, 0.6) is 0 Å². The maximum atomic E-state index is 12.4. The van der Waals surface area contributed by atoms with E-state index in [-0.39, 0.29) is 11.8 Å². The number of pyridine rings is 1. The summed E-state index contributed by atoms with van der Waals surface area (Å²) in [4.78, 5) is 37.6. The van der Waals surface area contributed by atoms with Crippen LogP contribution in [0.4, 0.5) is 0 Å². The summed E-state index contributed by atoms with van der Waals surface area (Å²) in [7, 11) is 0. The van der Waals surface area contributed by atoms with Crippen molar-refractivity contribution in [2.24, 2.45) is 5.92 Å². The molecule has 0 bridgehead atoms. The summed E-state index contributed by atoms with van der Waals surface area (Å²) in [6, 6.07) is 3.61. The number of aromatic nitrogens is 3. The number of hydrogen-bond donors (Lipinski definition) is 2. The molecule has 0 aromatic carbocycles. The van der Waals surface area contributed by atoms with Gasteiger partial charge in [-0.1, -0.05) is 0 Å². The molecule has 7 heteroatoms. The molecule has 3 rings (SSSR count). The van der Waals surface area contributed by atoms with E-state index in [4.69, 9.17) is 0 Å². The fourth-order valence-corrected chi connectivity index (χ4v) is 3.01. The van der Waals surface area contributed by atoms with E-state index in [0.29, 0.717) is 36.8 Å². The van der Waals surface area contributed by atoms with E-state index >= 15 is 0 Å². The Morgan fingerprint density at radius 1 is 1.24 bits per heavy atom. The second kappa shape index (κ2) is 7.46. The van der Waals surface area contributed by atoms with Gasteiger partial charge in [0.15, 0.2) is 0 Å². The van der Waals surface area contributed by atoms with Gasteiger partial charge in [0.05, 0.1) is 11.9 Å². The molecule has 1 aliphatic rings. The van der Waals surface area contributed by atoms with Crippen molar-refractivity contribution in [1.82, 2.24) is 25.2 Å². The zero-order chi connectivity index (χ0) is 17.8. The van der Waals surface area contributed by atoms with E-state index in [1.807, 2.05) is 24.8 Å². The van der Waals surface area contributed by atoms with Crippen LogP contribution in [0.15, 0.2) is 24.7 Å². The van der Waals surface area contributed by atoms with Gasteiger partial charge in [0.2, 0.25) is 0 Å². The smallest absolute Gasteiger partial charge is 0.274 e. The molecule has 2 N–H and O–H groups in total. The summed E-state index contributed by atoms with van der Waals surface area (Å²) in [6.45, 7) is 5.75. The van der Waals surface area contributed by atoms with Crippen LogP contribution in [0, 0.1) is 19.8 Å². The fourth-order valence-electron chi connectivity index (χ4n) is 3.01. The zero-order valence-electron chi connectivity index (χ0n) is 14.6. The molecule has 0 aliphatic carbocycles. The lowest BCUT2D eigenvalue weighted by Crippen LogP contribution is -2.41. The molecule has 7 nitrogen and oxygen atoms in total. The predicted molar refractivity (Wildman–Crippen MR) is 93.3 cm³/mol. The molecule has 0 spiro atoms. The molecule has 0 atom stereocenters. The SMILES string of the molecule is Cc1ccc(C(=O)NCC2CCN(C(=O)c3nc[nH]c3C)CC2)cn1. The van der Waals surface area contributed by atoms with Gasteiger partial charge in [-0.15, -0.1) is 0 Å². The van der Waals surface area contributed by atoms with E-state index in [1.165, 1.54) is 0 Å². The van der Waals surface area contributed by atoms with Crippen LogP contribution in [0.25, 0.3) is 0 Å². The van der Waals surface area contributed by atoms with Gasteiger partial charge >= 0.3 is 0 Å². The van der Waals surface area contributed by atoms with E-state index in [9.17, 15) is 9.59 Å². The largest absolute Gasteiger partial charge is 0.352 e. The molecule has 1 fully saturated rings. The zero-order valence-corrected chi connectivity index (χ0v) is 14.6. The van der Waals surface area contributed by atoms with Gasteiger partial charge in [0.1, 0.15) is 5.69 Å². The number of carbonyl (C=O) groups excluding carboxylic acids is 2. The molecule has 132 valence electrons. The first-order valence-electron chi connectivity index (χ1n) is 8.54. The van der Waals surface area contributed by atoms with Crippen LogP contribution in [-0.2, 0) is 0 Å². The molecule has 0 saturated carbocycles. The van der Waals surface area contributed by atoms with Crippen molar-refractivity contribution < 1.29 is 9.59 Å². The number of aromatic amines is 1. The number of likely N-dealkylation sites (tertiary alicyclic amines) is 1. The van der Waals surface area contributed by atoms with E-state index in [1.54, 1.807) is 18.6 Å². The quantitative estimate of drug-likeness (QED) is 0.885. The maximum absolute atomic E-state index is 12.4. The number of aryl methyl sites for hydroxylation is 2. The highest BCUT2D eigenvalue weighted by Gasteiger charge is 2.25. The molecule has 2 amide bonds. The third-order valence-corrected chi connectivity index (χ3v) is 4.66. The standard InChI is InChI=1S/C18H23N5O2/c1-12-3-4-15(10-19-12)17(24)20-9-14-5-7-23(8-6-14)18(25)16-13(2)21-11-22-16/h3-4,10-11,14H,5-9H2,1-2H3,(H,20,24)(H,21,22). The van der Waals surface area contributed by atoms with Crippen molar-refractivity contribution in [3.63, 3.8) is 0 Å². The maximum Gasteiger partial charge on any atom is 0.274 e. The molecule has 2 aromatic rings. The van der Waals surface area contributed by atoms with Gasteiger partial charge in [-0.25, -0.2) is 4.98 Å². The third kappa shape index (κ3) is 4.04. The summed E-state index contributed by atoms with van der Waals surface area (Å²) in [5, 5.41) is 2.97. The molecule has 25 heavy (non-hydrogen) atoms. The fraction of sp³-hybridized carbons (Fsp3) is 0.444. The molecule has 0 unspecified atom stereocenters. The van der Waals surface area contributed by atoms with Gasteiger partial charge in [-0.2, -0.15) is 0 Å². The number of carbonyl (C=O) groups is 2. The molecular formula is C18H23N5O2. The van der Waals surface area contributed by atoms with Crippen LogP contribution in [0.1, 0.15) is 45.1 Å². The van der Waals surface area contributed by atoms with Crippen molar-refractivity contribution in [2.75, 3.05) is 19.6 Å². The van der Waals surface area contributed by atoms with Crippen molar-refractivity contribution in [2.45, 2.75) is 26.7 Å². The molecular weight excluding hydrogens is 318 g/mol. The van der Waals surface area contributed by atoms with Crippen LogP contribution < -0.4 is 5.32 Å². The van der Waals surface area contributed by atoms with E-state index < -0.39 is 0 Å². The lowest BCUT2D eigenvalue weighted by atomic mass is 9.96. The van der Waals surface area contributed by atoms with Gasteiger partial charge in [-0.3, -0.25) is 14.6 Å². The van der Waals surface area contributed by atoms with E-state index in [2.05, 4.69) is 20.3 Å². The van der Waals surface area contributed by atoms with Crippen LogP contribution in [-0.4, -0.2) is 51.3 Å². The highest BCUT2D eigenvalue weighted by molar-refractivity contribution is 5.94. The van der Waals surface area contributed by atoms with Gasteiger partial charge in [-0.05, 0) is 44.7 Å². The van der Waals surface area contributed by atoms with Crippen molar-refractivity contribution in [1.29, 1.82) is 0 Å². The van der Waals surface area contributed by atoms with Crippen LogP contribution in [0.3, 0.4) is 0 Å². The normalized spacial score (nSPS) is 15.2. The number of amides is 2. The lowest BCUT2D eigenvalue weighted by molar-refractivity contribution is 0.0678. The first-order valence-corrected chi connectivity index (χ1v) is 8.54. The highest BCUT2D eigenvalue weighted by Crippen LogP contribution is 2.19. The Labute approximate surface area is 146 Å². The highest BCUT2D eigenvalue weighted by atomic mass is 16.2. The molecule has 1 saturated heterocycles. The van der Waals surface area contributed by atoms with Crippen LogP contribution in [0.2, 0.25) is 0 Å². The summed E-state index contributed by atoms with van der Waals surface area (Å²) in [5.41, 5.74) is 2.76. The summed E-state index contributed by atoms with van der Waals surface area (Å²) in [5.74, 6) is 0.261. The predicted octanol–water partition coefficient (Wildman–Crippen LogP) is 1.70. The second-order valence-corrected chi connectivity index (χ2v) is 6.51. The summed E-state index contributed by atoms with van der Waals surface area (Å²) in [6.07, 6.45) is 4.90. The first-order chi connectivity index (χ1) is 12.0. The Morgan fingerprint density at radius 3 is 2.60 bits per heavy atom. The van der Waals surface area contributed by atoms with Gasteiger partial charge < -0.3 is 15.2 Å². The first kappa shape index (κ1) is 17.1. The second-order valence-electron chi connectivity index (χ2n) is 6.51. The average molecular weight is 341 g/mol. The van der Waals surface area contributed by atoms with Gasteiger partial charge in [0, 0.05) is 37.2 Å². The Balaban J connectivity index is 1.46. The number of nitrogens with one attached hydrogen (secondary N) is 2. The number of hydrogen-bond acceptors (Lipinski definition) is 4. The minimum atomic E-state index is -0.0989. The van der Waals surface area contributed by atoms with Crippen molar-refractivity contribution >= 4 is 11.8 Å². The molecule has 3 heterocycles. The van der Waals surface area contributed by atoms with Crippen molar-refractivity contribution in [3.05, 3.63) is 47.3 Å². The number of H-pyrrole nitrogens is 1. The Hall–Kier alpha value is -2.70. The third-order valence-electron chi connectivity index (χ3n) is 4.66. The minimum absolute atomic E-state index is 0.0213. The average Bonchev–Trinajstić information content (AvgIpc) is 3.06. The monoisotopic (exact) mass is 341 g/mol. The summed E-state index contributed by atoms with van der Waals surface area (Å²) >= 11 is 0. The molecule has 2 aromatic heterocycles. The van der Waals surface area contributed by atoms with E-state index in [0.717, 1.165) is 24.2 Å². The minimum Gasteiger partial charge on any atom is -0.352 e. The summed E-state index contributed by atoms with van der Waals surface area (Å²) < 4.78 is 0. The molecule has 1 aliphatic heterocycles. The van der Waals surface area contributed by atoms with Crippen molar-refractivity contribution in [3.8, 4) is 0 Å². The number of piperidine rings is 1. The molecule has 0 radical (unpaired) electrons. The number of imidazole rings is 1. The Kier molecular flexibility index (Phi) is 5.11. The van der Waals surface area contributed by atoms with Crippen LogP contribution >= 0.6 is 0 Å². The Bertz CT molecular complexity index is 745.